The van der Waals surface area contributed by atoms with E-state index in [9.17, 15) is 22.4 Å². The van der Waals surface area contributed by atoms with Gasteiger partial charge in [0.2, 0.25) is 15.9 Å². The number of aryl methyl sites for hydroxylation is 2. The number of halogens is 1. The average Bonchev–Trinajstić information content (AvgIpc) is 2.76. The van der Waals surface area contributed by atoms with Crippen LogP contribution in [0, 0.1) is 25.6 Å². The highest BCUT2D eigenvalue weighted by molar-refractivity contribution is 7.89. The van der Waals surface area contributed by atoms with Gasteiger partial charge in [0.1, 0.15) is 11.6 Å². The van der Waals surface area contributed by atoms with E-state index in [1.807, 2.05) is 0 Å². The molecule has 2 N–H and O–H groups in total. The van der Waals surface area contributed by atoms with Gasteiger partial charge in [-0.25, -0.2) is 12.8 Å². The molecule has 2 aromatic rings. The number of nitrogens with zero attached hydrogens (tertiary/aromatic N) is 1. The molecule has 2 aliphatic rings. The molecule has 2 amide bonds. The van der Waals surface area contributed by atoms with Crippen molar-refractivity contribution in [3.05, 3.63) is 47.3 Å². The van der Waals surface area contributed by atoms with Gasteiger partial charge in [0, 0.05) is 24.8 Å². The number of nitrogens with one attached hydrogen (secondary N) is 2. The highest BCUT2D eigenvalue weighted by Crippen LogP contribution is 2.36. The molecule has 8 nitrogen and oxygen atoms in total. The molecule has 2 unspecified atom stereocenters. The molecule has 176 valence electrons. The quantitative estimate of drug-likeness (QED) is 0.707. The van der Waals surface area contributed by atoms with Crippen LogP contribution in [0.2, 0.25) is 0 Å². The number of fused-ring (bicyclic) bond motifs is 1. The van der Waals surface area contributed by atoms with Gasteiger partial charge in [-0.1, -0.05) is 0 Å². The fourth-order valence-corrected chi connectivity index (χ4v) is 5.88. The fourth-order valence-electron chi connectivity index (χ4n) is 4.14. The number of piperidine rings is 1. The van der Waals surface area contributed by atoms with Crippen molar-refractivity contribution in [1.82, 2.24) is 4.31 Å². The van der Waals surface area contributed by atoms with E-state index in [1.165, 1.54) is 28.6 Å². The lowest BCUT2D eigenvalue weighted by molar-refractivity contribution is -0.123. The zero-order chi connectivity index (χ0) is 23.9. The molecule has 2 aromatic carbocycles. The topological polar surface area (TPSA) is 105 Å². The van der Waals surface area contributed by atoms with Crippen molar-refractivity contribution in [2.45, 2.75) is 44.6 Å². The lowest BCUT2D eigenvalue weighted by Crippen LogP contribution is -2.44. The van der Waals surface area contributed by atoms with E-state index in [0.717, 1.165) is 0 Å². The van der Waals surface area contributed by atoms with Gasteiger partial charge in [-0.15, -0.1) is 0 Å². The van der Waals surface area contributed by atoms with Gasteiger partial charge >= 0.3 is 0 Å². The van der Waals surface area contributed by atoms with Crippen LogP contribution in [0.1, 0.15) is 30.9 Å². The summed E-state index contributed by atoms with van der Waals surface area (Å²) in [6, 6.07) is 7.11. The molecule has 1 saturated heterocycles. The van der Waals surface area contributed by atoms with Crippen LogP contribution in [-0.2, 0) is 19.6 Å². The molecule has 0 aromatic heterocycles. The van der Waals surface area contributed by atoms with Gasteiger partial charge in [-0.2, -0.15) is 4.31 Å². The number of hydrogen-bond donors (Lipinski definition) is 2. The number of anilines is 2. The SMILES string of the molecule is Cc1cc(F)ccc1NC(=O)C1CCCN(S(=O)(=O)c2cc3c(cc2C)NC(=O)C(C)O3)C1. The monoisotopic (exact) mass is 475 g/mol. The molecular weight excluding hydrogens is 449 g/mol. The number of benzene rings is 2. The third-order valence-electron chi connectivity index (χ3n) is 6.03. The summed E-state index contributed by atoms with van der Waals surface area (Å²) in [4.78, 5) is 24.8. The predicted molar refractivity (Wildman–Crippen MR) is 121 cm³/mol. The Labute approximate surface area is 192 Å². The minimum absolute atomic E-state index is 0.0406. The molecule has 33 heavy (non-hydrogen) atoms. The van der Waals surface area contributed by atoms with Crippen molar-refractivity contribution >= 4 is 33.2 Å². The van der Waals surface area contributed by atoms with Crippen molar-refractivity contribution in [1.29, 1.82) is 0 Å². The average molecular weight is 476 g/mol. The van der Waals surface area contributed by atoms with Crippen LogP contribution in [-0.4, -0.2) is 43.7 Å². The maximum Gasteiger partial charge on any atom is 0.265 e. The van der Waals surface area contributed by atoms with Crippen molar-refractivity contribution in [2.24, 2.45) is 5.92 Å². The number of sulfonamides is 1. The predicted octanol–water partition coefficient (Wildman–Crippen LogP) is 3.20. The first-order valence-electron chi connectivity index (χ1n) is 10.8. The first-order chi connectivity index (χ1) is 15.6. The molecule has 1 fully saturated rings. The van der Waals surface area contributed by atoms with Gasteiger partial charge in [-0.05, 0) is 69.0 Å². The Balaban J connectivity index is 1.54. The van der Waals surface area contributed by atoms with Crippen molar-refractivity contribution in [2.75, 3.05) is 23.7 Å². The van der Waals surface area contributed by atoms with Crippen LogP contribution in [0.4, 0.5) is 15.8 Å². The Hall–Kier alpha value is -2.98. The van der Waals surface area contributed by atoms with Crippen molar-refractivity contribution in [3.63, 3.8) is 0 Å². The summed E-state index contributed by atoms with van der Waals surface area (Å²) in [6.07, 6.45) is 0.357. The number of ether oxygens (including phenoxy) is 1. The number of carbonyl (C=O) groups is 2. The van der Waals surface area contributed by atoms with Crippen LogP contribution < -0.4 is 15.4 Å². The zero-order valence-electron chi connectivity index (χ0n) is 18.6. The van der Waals surface area contributed by atoms with Gasteiger partial charge in [0.05, 0.1) is 16.5 Å². The number of rotatable bonds is 4. The lowest BCUT2D eigenvalue weighted by Gasteiger charge is -2.32. The molecule has 2 heterocycles. The van der Waals surface area contributed by atoms with Crippen LogP contribution in [0.5, 0.6) is 5.75 Å². The Bertz CT molecular complexity index is 1230. The van der Waals surface area contributed by atoms with E-state index in [0.29, 0.717) is 47.6 Å². The van der Waals surface area contributed by atoms with Crippen LogP contribution >= 0.6 is 0 Å². The maximum atomic E-state index is 13.5. The normalized spacial score (nSPS) is 21.0. The summed E-state index contributed by atoms with van der Waals surface area (Å²) in [7, 11) is -3.90. The molecule has 0 radical (unpaired) electrons. The zero-order valence-corrected chi connectivity index (χ0v) is 19.5. The molecule has 4 rings (SSSR count). The molecule has 2 aliphatic heterocycles. The summed E-state index contributed by atoms with van der Waals surface area (Å²) in [6.45, 7) is 5.28. The maximum absolute atomic E-state index is 13.5. The number of amides is 2. The van der Waals surface area contributed by atoms with Crippen LogP contribution in [0.3, 0.4) is 0 Å². The van der Waals surface area contributed by atoms with Crippen molar-refractivity contribution < 1.29 is 27.1 Å². The second-order valence-corrected chi connectivity index (χ2v) is 10.4. The van der Waals surface area contributed by atoms with Crippen molar-refractivity contribution in [3.8, 4) is 5.75 Å². The smallest absolute Gasteiger partial charge is 0.265 e. The van der Waals surface area contributed by atoms with Crippen LogP contribution in [0.15, 0.2) is 35.2 Å². The standard InChI is InChI=1S/C23H26FN3O5S/c1-13-9-17(24)6-7-18(13)25-23(29)16-5-4-8-27(12-16)33(30,31)21-11-20-19(10-14(21)2)26-22(28)15(3)32-20/h6-7,9-11,15-16H,4-5,8,12H2,1-3H3,(H,25,29)(H,26,28). The Kier molecular flexibility index (Phi) is 6.15. The summed E-state index contributed by atoms with van der Waals surface area (Å²) in [5, 5.41) is 5.51. The second-order valence-electron chi connectivity index (χ2n) is 8.51. The molecule has 2 atom stereocenters. The van der Waals surface area contributed by atoms with E-state index in [2.05, 4.69) is 10.6 Å². The first kappa shape index (κ1) is 23.2. The van der Waals surface area contributed by atoms with E-state index >= 15 is 0 Å². The summed E-state index contributed by atoms with van der Waals surface area (Å²) < 4.78 is 47.2. The van der Waals surface area contributed by atoms with Gasteiger partial charge in [0.15, 0.2) is 6.10 Å². The van der Waals surface area contributed by atoms with E-state index in [1.54, 1.807) is 26.8 Å². The third kappa shape index (κ3) is 4.58. The molecule has 0 bridgehead atoms. The van der Waals surface area contributed by atoms with Gasteiger partial charge in [0.25, 0.3) is 5.91 Å². The molecule has 0 spiro atoms. The third-order valence-corrected chi connectivity index (χ3v) is 8.03. The Morgan fingerprint density at radius 3 is 2.70 bits per heavy atom. The second kappa shape index (κ2) is 8.75. The van der Waals surface area contributed by atoms with Gasteiger partial charge < -0.3 is 15.4 Å². The fraction of sp³-hybridized carbons (Fsp3) is 0.391. The molecule has 10 heteroatoms. The van der Waals surface area contributed by atoms with E-state index < -0.39 is 27.9 Å². The van der Waals surface area contributed by atoms with E-state index in [4.69, 9.17) is 4.74 Å². The first-order valence-corrected chi connectivity index (χ1v) is 12.2. The largest absolute Gasteiger partial charge is 0.479 e. The van der Waals surface area contributed by atoms with E-state index in [-0.39, 0.29) is 23.3 Å². The molecule has 0 saturated carbocycles. The highest BCUT2D eigenvalue weighted by atomic mass is 32.2. The Morgan fingerprint density at radius 1 is 1.21 bits per heavy atom. The number of hydrogen-bond acceptors (Lipinski definition) is 5. The minimum atomic E-state index is -3.90. The Morgan fingerprint density at radius 2 is 1.97 bits per heavy atom. The van der Waals surface area contributed by atoms with Gasteiger partial charge in [-0.3, -0.25) is 9.59 Å². The minimum Gasteiger partial charge on any atom is -0.479 e. The molecule has 0 aliphatic carbocycles. The lowest BCUT2D eigenvalue weighted by atomic mass is 9.98. The molecular formula is C23H26FN3O5S. The summed E-state index contributed by atoms with van der Waals surface area (Å²) >= 11 is 0. The summed E-state index contributed by atoms with van der Waals surface area (Å²) in [5.41, 5.74) is 2.00. The van der Waals surface area contributed by atoms with Crippen LogP contribution in [0.25, 0.3) is 0 Å². The summed E-state index contributed by atoms with van der Waals surface area (Å²) in [5.74, 6) is -1.22. The number of carbonyl (C=O) groups excluding carboxylic acids is 2. The highest BCUT2D eigenvalue weighted by Gasteiger charge is 2.35.